The van der Waals surface area contributed by atoms with E-state index < -0.39 is 0 Å². The molecule has 2 aromatic heterocycles. The van der Waals surface area contributed by atoms with Gasteiger partial charge in [-0.3, -0.25) is 5.32 Å². The fourth-order valence-electron chi connectivity index (χ4n) is 1.27. The number of carbonyl (C=O) groups is 1. The van der Waals surface area contributed by atoms with E-state index in [1.165, 1.54) is 12.5 Å². The van der Waals surface area contributed by atoms with Crippen LogP contribution in [-0.4, -0.2) is 25.6 Å². The number of anilines is 2. The molecule has 2 N–H and O–H groups in total. The van der Waals surface area contributed by atoms with Crippen molar-refractivity contribution < 1.29 is 4.79 Å². The van der Waals surface area contributed by atoms with Crippen LogP contribution in [0.4, 0.5) is 15.5 Å². The van der Waals surface area contributed by atoms with Crippen LogP contribution in [0.1, 0.15) is 0 Å². The molecule has 1 aromatic carbocycles. The lowest BCUT2D eigenvalue weighted by Crippen LogP contribution is -2.18. The SMILES string of the molecule is O=C(Nc1ccccc1)Nc1cnns1.c1cncnc1. The third kappa shape index (κ3) is 5.74. The molecule has 0 aliphatic carbocycles. The van der Waals surface area contributed by atoms with Gasteiger partial charge in [-0.15, -0.1) is 5.10 Å². The van der Waals surface area contributed by atoms with Gasteiger partial charge in [-0.1, -0.05) is 22.7 Å². The van der Waals surface area contributed by atoms with E-state index in [2.05, 4.69) is 30.2 Å². The maximum Gasteiger partial charge on any atom is 0.324 e. The van der Waals surface area contributed by atoms with Gasteiger partial charge < -0.3 is 5.32 Å². The van der Waals surface area contributed by atoms with E-state index in [9.17, 15) is 4.79 Å². The highest BCUT2D eigenvalue weighted by atomic mass is 32.1. The molecular weight excluding hydrogens is 288 g/mol. The van der Waals surface area contributed by atoms with Crippen LogP contribution in [0.5, 0.6) is 0 Å². The minimum Gasteiger partial charge on any atom is -0.308 e. The maximum absolute atomic E-state index is 11.4. The molecule has 8 heteroatoms. The Morgan fingerprint density at radius 3 is 2.29 bits per heavy atom. The lowest BCUT2D eigenvalue weighted by molar-refractivity contribution is 0.262. The summed E-state index contributed by atoms with van der Waals surface area (Å²) in [5.41, 5.74) is 0.743. The van der Waals surface area contributed by atoms with Crippen LogP contribution < -0.4 is 10.6 Å². The van der Waals surface area contributed by atoms with Gasteiger partial charge in [0, 0.05) is 29.6 Å². The number of nitrogens with zero attached hydrogens (tertiary/aromatic N) is 4. The van der Waals surface area contributed by atoms with Crippen molar-refractivity contribution in [1.82, 2.24) is 19.6 Å². The third-order valence-corrected chi connectivity index (χ3v) is 2.69. The molecule has 2 heterocycles. The first kappa shape index (κ1) is 14.5. The predicted octanol–water partition coefficient (Wildman–Crippen LogP) is 2.66. The summed E-state index contributed by atoms with van der Waals surface area (Å²) >= 11 is 1.13. The zero-order valence-corrected chi connectivity index (χ0v) is 11.7. The molecule has 0 aliphatic rings. The summed E-state index contributed by atoms with van der Waals surface area (Å²) < 4.78 is 3.63. The largest absolute Gasteiger partial charge is 0.324 e. The highest BCUT2D eigenvalue weighted by Crippen LogP contribution is 2.10. The predicted molar refractivity (Wildman–Crippen MR) is 81.0 cm³/mol. The third-order valence-electron chi connectivity index (χ3n) is 2.11. The van der Waals surface area contributed by atoms with Gasteiger partial charge in [0.2, 0.25) is 0 Å². The van der Waals surface area contributed by atoms with Crippen LogP contribution in [0.2, 0.25) is 0 Å². The number of hydrogen-bond donors (Lipinski definition) is 2. The molecule has 0 aliphatic heterocycles. The Kier molecular flexibility index (Phi) is 5.77. The minimum atomic E-state index is -0.299. The molecular formula is C13H12N6OS. The van der Waals surface area contributed by atoms with Gasteiger partial charge in [-0.25, -0.2) is 14.8 Å². The number of benzene rings is 1. The van der Waals surface area contributed by atoms with E-state index >= 15 is 0 Å². The van der Waals surface area contributed by atoms with E-state index in [4.69, 9.17) is 0 Å². The lowest BCUT2D eigenvalue weighted by atomic mass is 10.3. The van der Waals surface area contributed by atoms with Crippen molar-refractivity contribution in [2.45, 2.75) is 0 Å². The molecule has 0 atom stereocenters. The zero-order chi connectivity index (χ0) is 14.8. The number of hydrogen-bond acceptors (Lipinski definition) is 6. The van der Waals surface area contributed by atoms with E-state index in [0.29, 0.717) is 5.00 Å². The van der Waals surface area contributed by atoms with Crippen molar-refractivity contribution in [1.29, 1.82) is 0 Å². The lowest BCUT2D eigenvalue weighted by Gasteiger charge is -2.04. The van der Waals surface area contributed by atoms with Gasteiger partial charge in [0.15, 0.2) is 0 Å². The molecule has 7 nitrogen and oxygen atoms in total. The molecule has 2 amide bonds. The Labute approximate surface area is 125 Å². The van der Waals surface area contributed by atoms with Crippen LogP contribution in [0.25, 0.3) is 0 Å². The van der Waals surface area contributed by atoms with E-state index in [0.717, 1.165) is 17.2 Å². The summed E-state index contributed by atoms with van der Waals surface area (Å²) in [6, 6.07) is 10.7. The number of nitrogens with one attached hydrogen (secondary N) is 2. The zero-order valence-electron chi connectivity index (χ0n) is 10.9. The second-order valence-electron chi connectivity index (χ2n) is 3.63. The van der Waals surface area contributed by atoms with Gasteiger partial charge in [0.1, 0.15) is 11.3 Å². The van der Waals surface area contributed by atoms with E-state index in [-0.39, 0.29) is 6.03 Å². The van der Waals surface area contributed by atoms with Gasteiger partial charge in [-0.05, 0) is 18.2 Å². The summed E-state index contributed by atoms with van der Waals surface area (Å²) in [5.74, 6) is 0. The molecule has 0 unspecified atom stereocenters. The fraction of sp³-hybridized carbons (Fsp3) is 0. The summed E-state index contributed by atoms with van der Waals surface area (Å²) in [5, 5.41) is 9.52. The first-order valence-corrected chi connectivity index (χ1v) is 6.72. The van der Waals surface area contributed by atoms with Crippen molar-refractivity contribution in [3.05, 3.63) is 61.3 Å². The highest BCUT2D eigenvalue weighted by Gasteiger charge is 2.03. The monoisotopic (exact) mass is 300 g/mol. The van der Waals surface area contributed by atoms with Crippen LogP contribution in [0.15, 0.2) is 61.3 Å². The molecule has 3 rings (SSSR count). The van der Waals surface area contributed by atoms with Gasteiger partial charge in [-0.2, -0.15) is 0 Å². The summed E-state index contributed by atoms with van der Waals surface area (Å²) in [7, 11) is 0. The molecule has 106 valence electrons. The summed E-state index contributed by atoms with van der Waals surface area (Å²) in [4.78, 5) is 18.8. The molecule has 0 spiro atoms. The van der Waals surface area contributed by atoms with Crippen molar-refractivity contribution in [3.63, 3.8) is 0 Å². The highest BCUT2D eigenvalue weighted by molar-refractivity contribution is 7.10. The number of para-hydroxylation sites is 1. The average Bonchev–Trinajstić information content (AvgIpc) is 3.03. The van der Waals surface area contributed by atoms with Crippen LogP contribution in [0, 0.1) is 0 Å². The Hall–Kier alpha value is -2.87. The Morgan fingerprint density at radius 2 is 1.76 bits per heavy atom. The number of amides is 2. The van der Waals surface area contributed by atoms with Crippen molar-refractivity contribution in [2.75, 3.05) is 10.6 Å². The number of urea groups is 1. The molecule has 0 bridgehead atoms. The minimum absolute atomic E-state index is 0.299. The summed E-state index contributed by atoms with van der Waals surface area (Å²) in [6.45, 7) is 0. The molecule has 0 saturated heterocycles. The quantitative estimate of drug-likeness (QED) is 0.759. The van der Waals surface area contributed by atoms with E-state index in [1.54, 1.807) is 18.5 Å². The molecule has 3 aromatic rings. The molecule has 0 fully saturated rings. The number of aromatic nitrogens is 4. The Morgan fingerprint density at radius 1 is 1.00 bits per heavy atom. The average molecular weight is 300 g/mol. The maximum atomic E-state index is 11.4. The van der Waals surface area contributed by atoms with Crippen molar-refractivity contribution in [3.8, 4) is 0 Å². The number of carbonyl (C=O) groups excluding carboxylic acids is 1. The second-order valence-corrected chi connectivity index (χ2v) is 4.42. The fourth-order valence-corrected chi connectivity index (χ4v) is 1.69. The normalized spacial score (nSPS) is 9.14. The van der Waals surface area contributed by atoms with Crippen molar-refractivity contribution >= 4 is 28.3 Å². The van der Waals surface area contributed by atoms with Gasteiger partial charge in [0.05, 0.1) is 6.20 Å². The number of rotatable bonds is 2. The van der Waals surface area contributed by atoms with Crippen molar-refractivity contribution in [2.24, 2.45) is 0 Å². The van der Waals surface area contributed by atoms with Crippen LogP contribution in [0.3, 0.4) is 0 Å². The smallest absolute Gasteiger partial charge is 0.308 e. The van der Waals surface area contributed by atoms with Crippen LogP contribution >= 0.6 is 11.5 Å². The van der Waals surface area contributed by atoms with Gasteiger partial charge in [0.25, 0.3) is 0 Å². The molecule has 21 heavy (non-hydrogen) atoms. The first-order valence-electron chi connectivity index (χ1n) is 5.95. The first-order chi connectivity index (χ1) is 10.3. The Bertz CT molecular complexity index is 606. The summed E-state index contributed by atoms with van der Waals surface area (Å²) in [6.07, 6.45) is 6.37. The standard InChI is InChI=1S/C9H8N4OS.C4H4N2/c14-9(12-8-6-10-13-15-8)11-7-4-2-1-3-5-7;1-2-5-4-6-3-1/h1-6H,(H2,11,12,14);1-4H. The van der Waals surface area contributed by atoms with Crippen LogP contribution in [-0.2, 0) is 0 Å². The molecule has 0 radical (unpaired) electrons. The second kappa shape index (κ2) is 8.33. The Balaban J connectivity index is 0.000000225. The van der Waals surface area contributed by atoms with E-state index in [1.807, 2.05) is 30.3 Å². The van der Waals surface area contributed by atoms with Gasteiger partial charge >= 0.3 is 6.03 Å². The molecule has 0 saturated carbocycles. The topological polar surface area (TPSA) is 92.7 Å².